The van der Waals surface area contributed by atoms with Gasteiger partial charge in [-0.05, 0) is 18.6 Å². The van der Waals surface area contributed by atoms with Crippen LogP contribution in [-0.2, 0) is 21.2 Å². The fraction of sp³-hybridized carbons (Fsp3) is 0.412. The van der Waals surface area contributed by atoms with Gasteiger partial charge in [0.05, 0.1) is 23.5 Å². The number of aromatic amines is 1. The Morgan fingerprint density at radius 2 is 1.93 bits per heavy atom. The van der Waals surface area contributed by atoms with Gasteiger partial charge in [0, 0.05) is 26.2 Å². The number of aryl methyl sites for hydroxylation is 1. The van der Waals surface area contributed by atoms with Crippen LogP contribution in [0.15, 0.2) is 29.3 Å². The van der Waals surface area contributed by atoms with E-state index in [1.54, 1.807) is 13.0 Å². The van der Waals surface area contributed by atoms with E-state index in [9.17, 15) is 13.2 Å². The van der Waals surface area contributed by atoms with Gasteiger partial charge in [0.1, 0.15) is 5.56 Å². The molecule has 0 saturated carbocycles. The second-order valence-electron chi connectivity index (χ2n) is 6.07. The van der Waals surface area contributed by atoms with E-state index in [1.807, 2.05) is 23.1 Å². The third-order valence-electron chi connectivity index (χ3n) is 4.57. The standard InChI is InChI=1S/C17H21ClN4O4S/c1-3-13-15(17(23)26-2)16(20-19-13)27(24,25)22-10-8-21(9-11-22)14-7-5-4-6-12(14)18/h4-7H,3,8-11H2,1-2H3,(H,19,20). The highest BCUT2D eigenvalue weighted by atomic mass is 35.5. The maximum Gasteiger partial charge on any atom is 0.342 e. The van der Waals surface area contributed by atoms with Crippen molar-refractivity contribution in [3.8, 4) is 0 Å². The minimum absolute atomic E-state index is 0.0199. The number of halogens is 1. The summed E-state index contributed by atoms with van der Waals surface area (Å²) >= 11 is 6.23. The Morgan fingerprint density at radius 3 is 2.52 bits per heavy atom. The van der Waals surface area contributed by atoms with Crippen molar-refractivity contribution in [1.29, 1.82) is 0 Å². The van der Waals surface area contributed by atoms with Crippen molar-refractivity contribution in [3.63, 3.8) is 0 Å². The van der Waals surface area contributed by atoms with E-state index in [-0.39, 0.29) is 23.7 Å². The van der Waals surface area contributed by atoms with Crippen LogP contribution in [0.2, 0.25) is 5.02 Å². The lowest BCUT2D eigenvalue weighted by atomic mass is 10.2. The Bertz CT molecular complexity index is 936. The second-order valence-corrected chi connectivity index (χ2v) is 8.33. The summed E-state index contributed by atoms with van der Waals surface area (Å²) in [4.78, 5) is 14.1. The lowest BCUT2D eigenvalue weighted by Crippen LogP contribution is -2.49. The highest BCUT2D eigenvalue weighted by molar-refractivity contribution is 7.89. The predicted molar refractivity (Wildman–Crippen MR) is 102 cm³/mol. The van der Waals surface area contributed by atoms with Gasteiger partial charge < -0.3 is 9.64 Å². The molecule has 0 amide bonds. The average molecular weight is 413 g/mol. The molecule has 8 nitrogen and oxygen atoms in total. The number of aromatic nitrogens is 2. The topological polar surface area (TPSA) is 95.6 Å². The normalized spacial score (nSPS) is 15.7. The van der Waals surface area contributed by atoms with Crippen molar-refractivity contribution >= 4 is 33.3 Å². The number of rotatable bonds is 5. The molecule has 0 bridgehead atoms. The van der Waals surface area contributed by atoms with Gasteiger partial charge in [0.25, 0.3) is 10.0 Å². The molecular weight excluding hydrogens is 392 g/mol. The van der Waals surface area contributed by atoms with Crippen LogP contribution in [0.3, 0.4) is 0 Å². The Balaban J connectivity index is 1.83. The van der Waals surface area contributed by atoms with E-state index in [2.05, 4.69) is 10.2 Å². The zero-order valence-corrected chi connectivity index (χ0v) is 16.7. The van der Waals surface area contributed by atoms with Gasteiger partial charge in [-0.3, -0.25) is 5.10 Å². The van der Waals surface area contributed by atoms with Gasteiger partial charge in [-0.2, -0.15) is 9.40 Å². The van der Waals surface area contributed by atoms with E-state index in [0.29, 0.717) is 30.2 Å². The van der Waals surface area contributed by atoms with E-state index in [4.69, 9.17) is 16.3 Å². The number of methoxy groups -OCH3 is 1. The molecule has 1 aliphatic rings. The molecule has 146 valence electrons. The Morgan fingerprint density at radius 1 is 1.26 bits per heavy atom. The number of nitrogens with zero attached hydrogens (tertiary/aromatic N) is 3. The quantitative estimate of drug-likeness (QED) is 0.754. The lowest BCUT2D eigenvalue weighted by Gasteiger charge is -2.35. The fourth-order valence-corrected chi connectivity index (χ4v) is 4.88. The number of H-pyrrole nitrogens is 1. The van der Waals surface area contributed by atoms with Crippen LogP contribution in [-0.4, -0.2) is 62.2 Å². The first kappa shape index (κ1) is 19.7. The van der Waals surface area contributed by atoms with Gasteiger partial charge in [-0.15, -0.1) is 0 Å². The number of hydrogen-bond donors (Lipinski definition) is 1. The van der Waals surface area contributed by atoms with Crippen molar-refractivity contribution in [2.75, 3.05) is 38.2 Å². The summed E-state index contributed by atoms with van der Waals surface area (Å²) < 4.78 is 32.2. The SMILES string of the molecule is CCc1[nH]nc(S(=O)(=O)N2CCN(c3ccccc3Cl)CC2)c1C(=O)OC. The van der Waals surface area contributed by atoms with Gasteiger partial charge in [-0.1, -0.05) is 30.7 Å². The molecule has 1 aliphatic heterocycles. The van der Waals surface area contributed by atoms with Crippen molar-refractivity contribution in [1.82, 2.24) is 14.5 Å². The molecule has 1 aromatic heterocycles. The molecule has 0 unspecified atom stereocenters. The summed E-state index contributed by atoms with van der Waals surface area (Å²) in [6, 6.07) is 7.45. The van der Waals surface area contributed by atoms with Crippen LogP contribution in [0.1, 0.15) is 23.0 Å². The summed E-state index contributed by atoms with van der Waals surface area (Å²) in [5.74, 6) is -0.714. The molecule has 0 radical (unpaired) electrons. The number of hydrogen-bond acceptors (Lipinski definition) is 6. The predicted octanol–water partition coefficient (Wildman–Crippen LogP) is 1.92. The van der Waals surface area contributed by atoms with Crippen LogP contribution in [0.5, 0.6) is 0 Å². The minimum Gasteiger partial charge on any atom is -0.465 e. The second kappa shape index (κ2) is 7.87. The van der Waals surface area contributed by atoms with Gasteiger partial charge in [0.15, 0.2) is 0 Å². The average Bonchev–Trinajstić information content (AvgIpc) is 3.13. The van der Waals surface area contributed by atoms with E-state index in [1.165, 1.54) is 11.4 Å². The zero-order chi connectivity index (χ0) is 19.6. The number of nitrogens with one attached hydrogen (secondary N) is 1. The van der Waals surface area contributed by atoms with Crippen molar-refractivity contribution in [2.45, 2.75) is 18.4 Å². The number of anilines is 1. The molecular formula is C17H21ClN4O4S. The van der Waals surface area contributed by atoms with Gasteiger partial charge in [-0.25, -0.2) is 13.2 Å². The third kappa shape index (κ3) is 3.67. The molecule has 1 saturated heterocycles. The highest BCUT2D eigenvalue weighted by Gasteiger charge is 2.36. The number of ether oxygens (including phenoxy) is 1. The van der Waals surface area contributed by atoms with Gasteiger partial charge in [0.2, 0.25) is 5.03 Å². The van der Waals surface area contributed by atoms with Crippen LogP contribution < -0.4 is 4.90 Å². The first-order valence-corrected chi connectivity index (χ1v) is 10.4. The summed E-state index contributed by atoms with van der Waals surface area (Å²) in [7, 11) is -2.71. The first-order chi connectivity index (χ1) is 12.9. The molecule has 2 heterocycles. The van der Waals surface area contributed by atoms with Crippen molar-refractivity contribution in [2.24, 2.45) is 0 Å². The number of carbonyl (C=O) groups is 1. The first-order valence-electron chi connectivity index (χ1n) is 8.55. The van der Waals surface area contributed by atoms with Crippen LogP contribution in [0.4, 0.5) is 5.69 Å². The van der Waals surface area contributed by atoms with Crippen molar-refractivity contribution < 1.29 is 17.9 Å². The monoisotopic (exact) mass is 412 g/mol. The van der Waals surface area contributed by atoms with E-state index >= 15 is 0 Å². The molecule has 1 aromatic carbocycles. The number of esters is 1. The summed E-state index contributed by atoms with van der Waals surface area (Å²) in [6.45, 7) is 3.31. The molecule has 2 aromatic rings. The molecule has 0 spiro atoms. The van der Waals surface area contributed by atoms with Gasteiger partial charge >= 0.3 is 5.97 Å². The molecule has 0 aliphatic carbocycles. The number of carbonyl (C=O) groups excluding carboxylic acids is 1. The summed E-state index contributed by atoms with van der Waals surface area (Å²) in [5.41, 5.74) is 1.29. The maximum atomic E-state index is 13.1. The Kier molecular flexibility index (Phi) is 5.73. The zero-order valence-electron chi connectivity index (χ0n) is 15.1. The lowest BCUT2D eigenvalue weighted by molar-refractivity contribution is 0.0595. The maximum absolute atomic E-state index is 13.1. The molecule has 1 N–H and O–H groups in total. The van der Waals surface area contributed by atoms with Crippen molar-refractivity contribution in [3.05, 3.63) is 40.5 Å². The fourth-order valence-electron chi connectivity index (χ4n) is 3.11. The summed E-state index contributed by atoms with van der Waals surface area (Å²) in [6.07, 6.45) is 0.438. The van der Waals surface area contributed by atoms with Crippen LogP contribution in [0, 0.1) is 0 Å². The number of benzene rings is 1. The van der Waals surface area contributed by atoms with Crippen LogP contribution in [0.25, 0.3) is 0 Å². The summed E-state index contributed by atoms with van der Waals surface area (Å²) in [5, 5.41) is 6.89. The third-order valence-corrected chi connectivity index (χ3v) is 6.72. The molecule has 1 fully saturated rings. The largest absolute Gasteiger partial charge is 0.465 e. The molecule has 27 heavy (non-hydrogen) atoms. The molecule has 0 atom stereocenters. The van der Waals surface area contributed by atoms with E-state index < -0.39 is 16.0 Å². The highest BCUT2D eigenvalue weighted by Crippen LogP contribution is 2.28. The molecule has 10 heteroatoms. The Labute approximate surface area is 163 Å². The number of sulfonamides is 1. The smallest absolute Gasteiger partial charge is 0.342 e. The minimum atomic E-state index is -3.92. The Hall–Kier alpha value is -2.10. The number of para-hydroxylation sites is 1. The molecule has 3 rings (SSSR count). The van der Waals surface area contributed by atoms with Crippen LogP contribution >= 0.6 is 11.6 Å². The van der Waals surface area contributed by atoms with E-state index in [0.717, 1.165) is 5.69 Å². The number of piperazine rings is 1.